The van der Waals surface area contributed by atoms with Crippen molar-refractivity contribution in [2.24, 2.45) is 0 Å². The molecule has 4 nitrogen and oxygen atoms in total. The van der Waals surface area contributed by atoms with E-state index in [1.165, 1.54) is 12.8 Å². The Labute approximate surface area is 94.8 Å². The van der Waals surface area contributed by atoms with Crippen LogP contribution in [0.3, 0.4) is 0 Å². The number of nitro groups is 1. The van der Waals surface area contributed by atoms with Crippen LogP contribution in [0.1, 0.15) is 31.2 Å². The lowest BCUT2D eigenvalue weighted by Crippen LogP contribution is -2.15. The summed E-state index contributed by atoms with van der Waals surface area (Å²) in [5, 5.41) is 14.3. The monoisotopic (exact) mass is 220 g/mol. The van der Waals surface area contributed by atoms with Gasteiger partial charge in [-0.25, -0.2) is 0 Å². The Balaban J connectivity index is 2.25. The molecule has 1 fully saturated rings. The van der Waals surface area contributed by atoms with Gasteiger partial charge >= 0.3 is 0 Å². The van der Waals surface area contributed by atoms with Crippen molar-refractivity contribution in [3.8, 4) is 0 Å². The van der Waals surface area contributed by atoms with E-state index in [2.05, 4.69) is 5.32 Å². The molecule has 0 bridgehead atoms. The molecule has 1 aromatic carbocycles. The normalized spacial score (nSPS) is 16.3. The maximum atomic E-state index is 11.0. The molecule has 0 aliphatic heterocycles. The zero-order valence-electron chi connectivity index (χ0n) is 9.40. The molecule has 1 N–H and O–H groups in total. The SMILES string of the molecule is Cc1cccc(NC2CCCC2)c1[N+](=O)[O-]. The van der Waals surface area contributed by atoms with E-state index < -0.39 is 0 Å². The second-order valence-electron chi connectivity index (χ2n) is 4.35. The van der Waals surface area contributed by atoms with Gasteiger partial charge in [-0.15, -0.1) is 0 Å². The average Bonchev–Trinajstić information content (AvgIpc) is 2.70. The highest BCUT2D eigenvalue weighted by molar-refractivity contribution is 5.65. The second kappa shape index (κ2) is 4.51. The summed E-state index contributed by atoms with van der Waals surface area (Å²) in [6, 6.07) is 5.83. The first-order valence-electron chi connectivity index (χ1n) is 5.69. The van der Waals surface area contributed by atoms with Crippen molar-refractivity contribution in [1.82, 2.24) is 0 Å². The van der Waals surface area contributed by atoms with Crippen molar-refractivity contribution >= 4 is 11.4 Å². The molecule has 1 aromatic rings. The first-order valence-corrected chi connectivity index (χ1v) is 5.69. The van der Waals surface area contributed by atoms with Crippen molar-refractivity contribution < 1.29 is 4.92 Å². The highest BCUT2D eigenvalue weighted by atomic mass is 16.6. The molecule has 0 unspecified atom stereocenters. The number of hydrogen-bond acceptors (Lipinski definition) is 3. The molecular formula is C12H16N2O2. The lowest BCUT2D eigenvalue weighted by atomic mass is 10.1. The fourth-order valence-electron chi connectivity index (χ4n) is 2.31. The molecule has 0 saturated heterocycles. The zero-order chi connectivity index (χ0) is 11.5. The first kappa shape index (κ1) is 10.9. The lowest BCUT2D eigenvalue weighted by Gasteiger charge is -2.14. The minimum atomic E-state index is -0.299. The van der Waals surface area contributed by atoms with Gasteiger partial charge in [-0.1, -0.05) is 25.0 Å². The van der Waals surface area contributed by atoms with Crippen LogP contribution < -0.4 is 5.32 Å². The lowest BCUT2D eigenvalue weighted by molar-refractivity contribution is -0.384. The van der Waals surface area contributed by atoms with Gasteiger partial charge in [-0.05, 0) is 25.8 Å². The van der Waals surface area contributed by atoms with Crippen LogP contribution in [0.2, 0.25) is 0 Å². The number of para-hydroxylation sites is 1. The molecule has 0 radical (unpaired) electrons. The van der Waals surface area contributed by atoms with Gasteiger partial charge in [0.2, 0.25) is 0 Å². The van der Waals surface area contributed by atoms with E-state index in [-0.39, 0.29) is 10.6 Å². The molecule has 0 heterocycles. The standard InChI is InChI=1S/C12H16N2O2/c1-9-5-4-8-11(12(9)14(15)16)13-10-6-2-3-7-10/h4-5,8,10,13H,2-3,6-7H2,1H3. The van der Waals surface area contributed by atoms with Gasteiger partial charge in [0.15, 0.2) is 0 Å². The molecule has 1 aliphatic rings. The number of aryl methyl sites for hydroxylation is 1. The molecule has 16 heavy (non-hydrogen) atoms. The van der Waals surface area contributed by atoms with Gasteiger partial charge in [0.05, 0.1) is 4.92 Å². The summed E-state index contributed by atoms with van der Waals surface area (Å²) in [4.78, 5) is 10.7. The van der Waals surface area contributed by atoms with E-state index in [1.54, 1.807) is 19.1 Å². The van der Waals surface area contributed by atoms with Crippen molar-refractivity contribution in [2.75, 3.05) is 5.32 Å². The number of rotatable bonds is 3. The third kappa shape index (κ3) is 2.15. The Hall–Kier alpha value is -1.58. The molecule has 0 aromatic heterocycles. The van der Waals surface area contributed by atoms with Crippen LogP contribution in [-0.4, -0.2) is 11.0 Å². The maximum Gasteiger partial charge on any atom is 0.295 e. The van der Waals surface area contributed by atoms with E-state index in [9.17, 15) is 10.1 Å². The zero-order valence-corrected chi connectivity index (χ0v) is 9.40. The van der Waals surface area contributed by atoms with Crippen LogP contribution in [-0.2, 0) is 0 Å². The fraction of sp³-hybridized carbons (Fsp3) is 0.500. The molecule has 0 atom stereocenters. The van der Waals surface area contributed by atoms with Crippen LogP contribution in [0, 0.1) is 17.0 Å². The van der Waals surface area contributed by atoms with Crippen molar-refractivity contribution in [2.45, 2.75) is 38.6 Å². The Morgan fingerprint density at radius 2 is 2.06 bits per heavy atom. The molecule has 1 saturated carbocycles. The van der Waals surface area contributed by atoms with Gasteiger partial charge in [0, 0.05) is 11.6 Å². The Morgan fingerprint density at radius 1 is 1.38 bits per heavy atom. The molecule has 0 amide bonds. The van der Waals surface area contributed by atoms with Gasteiger partial charge in [-0.3, -0.25) is 10.1 Å². The number of nitrogens with one attached hydrogen (secondary N) is 1. The maximum absolute atomic E-state index is 11.0. The largest absolute Gasteiger partial charge is 0.377 e. The number of anilines is 1. The van der Waals surface area contributed by atoms with Crippen LogP contribution in [0.5, 0.6) is 0 Å². The quantitative estimate of drug-likeness (QED) is 0.628. The van der Waals surface area contributed by atoms with E-state index in [0.29, 0.717) is 17.3 Å². The number of nitro benzene ring substituents is 1. The minimum Gasteiger partial charge on any atom is -0.377 e. The third-order valence-corrected chi connectivity index (χ3v) is 3.14. The van der Waals surface area contributed by atoms with E-state index in [1.807, 2.05) is 6.07 Å². The predicted octanol–water partition coefficient (Wildman–Crippen LogP) is 3.26. The molecule has 2 rings (SSSR count). The summed E-state index contributed by atoms with van der Waals surface area (Å²) >= 11 is 0. The topological polar surface area (TPSA) is 55.2 Å². The Bertz CT molecular complexity index is 398. The van der Waals surface area contributed by atoms with Crippen molar-refractivity contribution in [3.63, 3.8) is 0 Å². The van der Waals surface area contributed by atoms with Gasteiger partial charge in [-0.2, -0.15) is 0 Å². The summed E-state index contributed by atoms with van der Waals surface area (Å²) in [5.41, 5.74) is 1.60. The van der Waals surface area contributed by atoms with Crippen LogP contribution in [0.25, 0.3) is 0 Å². The predicted molar refractivity (Wildman–Crippen MR) is 63.7 cm³/mol. The average molecular weight is 220 g/mol. The molecule has 1 aliphatic carbocycles. The van der Waals surface area contributed by atoms with Crippen LogP contribution >= 0.6 is 0 Å². The smallest absolute Gasteiger partial charge is 0.295 e. The van der Waals surface area contributed by atoms with E-state index >= 15 is 0 Å². The Morgan fingerprint density at radius 3 is 2.69 bits per heavy atom. The molecule has 86 valence electrons. The van der Waals surface area contributed by atoms with E-state index in [4.69, 9.17) is 0 Å². The van der Waals surface area contributed by atoms with Crippen LogP contribution in [0.15, 0.2) is 18.2 Å². The van der Waals surface area contributed by atoms with Crippen LogP contribution in [0.4, 0.5) is 11.4 Å². The van der Waals surface area contributed by atoms with Crippen molar-refractivity contribution in [3.05, 3.63) is 33.9 Å². The summed E-state index contributed by atoms with van der Waals surface area (Å²) in [6.45, 7) is 1.78. The summed E-state index contributed by atoms with van der Waals surface area (Å²) in [7, 11) is 0. The van der Waals surface area contributed by atoms with Gasteiger partial charge in [0.25, 0.3) is 5.69 Å². The van der Waals surface area contributed by atoms with E-state index in [0.717, 1.165) is 12.8 Å². The summed E-state index contributed by atoms with van der Waals surface area (Å²) in [6.07, 6.45) is 4.67. The number of hydrogen-bond donors (Lipinski definition) is 1. The minimum absolute atomic E-state index is 0.217. The molecular weight excluding hydrogens is 204 g/mol. The Kier molecular flexibility index (Phi) is 3.08. The summed E-state index contributed by atoms with van der Waals surface area (Å²) in [5.74, 6) is 0. The fourth-order valence-corrected chi connectivity index (χ4v) is 2.31. The van der Waals surface area contributed by atoms with Gasteiger partial charge in [0.1, 0.15) is 5.69 Å². The summed E-state index contributed by atoms with van der Waals surface area (Å²) < 4.78 is 0. The van der Waals surface area contributed by atoms with Gasteiger partial charge < -0.3 is 5.32 Å². The molecule has 0 spiro atoms. The highest BCUT2D eigenvalue weighted by Crippen LogP contribution is 2.31. The van der Waals surface area contributed by atoms with Crippen molar-refractivity contribution in [1.29, 1.82) is 0 Å². The number of nitrogens with zero attached hydrogens (tertiary/aromatic N) is 1. The molecule has 4 heteroatoms. The third-order valence-electron chi connectivity index (χ3n) is 3.14. The number of benzene rings is 1. The first-order chi connectivity index (χ1) is 7.68. The second-order valence-corrected chi connectivity index (χ2v) is 4.35. The highest BCUT2D eigenvalue weighted by Gasteiger charge is 2.21.